The number of hydrogen-bond acceptors (Lipinski definition) is 6. The molecule has 0 aliphatic rings. The topological polar surface area (TPSA) is 86.5 Å². The lowest BCUT2D eigenvalue weighted by molar-refractivity contribution is 0.0952. The van der Waals surface area contributed by atoms with Crippen LogP contribution in [0.25, 0.3) is 10.6 Å². The van der Waals surface area contributed by atoms with Gasteiger partial charge in [0.2, 0.25) is 0 Å². The molecular weight excluding hydrogens is 290 g/mol. The zero-order valence-electron chi connectivity index (χ0n) is 11.9. The van der Waals surface area contributed by atoms with Gasteiger partial charge in [-0.25, -0.2) is 10.8 Å². The first-order chi connectivity index (χ1) is 10.2. The van der Waals surface area contributed by atoms with E-state index in [2.05, 4.69) is 10.4 Å². The Balaban J connectivity index is 2.47. The van der Waals surface area contributed by atoms with Gasteiger partial charge in [-0.3, -0.25) is 10.2 Å². The van der Waals surface area contributed by atoms with Gasteiger partial charge in [-0.15, -0.1) is 11.3 Å². The van der Waals surface area contributed by atoms with Crippen LogP contribution in [0.5, 0.6) is 5.75 Å². The number of hydrazine groups is 1. The zero-order valence-corrected chi connectivity index (χ0v) is 12.7. The van der Waals surface area contributed by atoms with Crippen molar-refractivity contribution in [2.45, 2.75) is 13.5 Å². The van der Waals surface area contributed by atoms with Gasteiger partial charge < -0.3 is 9.47 Å². The minimum Gasteiger partial charge on any atom is -0.493 e. The first-order valence-electron chi connectivity index (χ1n) is 6.43. The molecule has 1 heterocycles. The molecule has 2 rings (SSSR count). The average Bonchev–Trinajstić information content (AvgIpc) is 2.91. The molecule has 1 amide bonds. The lowest BCUT2D eigenvalue weighted by atomic mass is 10.2. The van der Waals surface area contributed by atoms with Crippen molar-refractivity contribution in [3.8, 4) is 16.3 Å². The summed E-state index contributed by atoms with van der Waals surface area (Å²) in [6.45, 7) is 2.72. The van der Waals surface area contributed by atoms with Crippen molar-refractivity contribution in [2.75, 3.05) is 13.7 Å². The zero-order chi connectivity index (χ0) is 15.2. The van der Waals surface area contributed by atoms with Gasteiger partial charge in [0.1, 0.15) is 15.6 Å². The van der Waals surface area contributed by atoms with E-state index < -0.39 is 0 Å². The molecule has 112 valence electrons. The number of nitrogens with two attached hydrogens (primary N) is 1. The summed E-state index contributed by atoms with van der Waals surface area (Å²) in [6.07, 6.45) is 0. The molecule has 0 spiro atoms. The second-order valence-electron chi connectivity index (χ2n) is 4.13. The number of ether oxygens (including phenoxy) is 2. The van der Waals surface area contributed by atoms with E-state index in [1.807, 2.05) is 31.2 Å². The van der Waals surface area contributed by atoms with Crippen LogP contribution in [0.1, 0.15) is 22.3 Å². The molecule has 0 radical (unpaired) electrons. The number of benzene rings is 1. The number of nitrogen functional groups attached to an aromatic ring is 1. The van der Waals surface area contributed by atoms with Crippen molar-refractivity contribution >= 4 is 17.2 Å². The standard InChI is InChI=1S/C14H17N3O3S/c1-3-20-11-7-5-4-6-9(11)14-16-10(8-19-2)12(21-14)13(18)17-15/h4-7H,3,8,15H2,1-2H3,(H,17,18). The van der Waals surface area contributed by atoms with Gasteiger partial charge >= 0.3 is 0 Å². The average molecular weight is 307 g/mol. The Hall–Kier alpha value is -1.96. The molecule has 0 aliphatic carbocycles. The van der Waals surface area contributed by atoms with Crippen molar-refractivity contribution in [1.82, 2.24) is 10.4 Å². The molecule has 0 aliphatic heterocycles. The lowest BCUT2D eigenvalue weighted by Crippen LogP contribution is -2.30. The molecule has 1 aromatic heterocycles. The van der Waals surface area contributed by atoms with Gasteiger partial charge in [-0.2, -0.15) is 0 Å². The molecule has 7 heteroatoms. The smallest absolute Gasteiger partial charge is 0.277 e. The van der Waals surface area contributed by atoms with Gasteiger partial charge in [-0.05, 0) is 19.1 Å². The van der Waals surface area contributed by atoms with Crippen LogP contribution in [0.15, 0.2) is 24.3 Å². The van der Waals surface area contributed by atoms with Crippen molar-refractivity contribution in [1.29, 1.82) is 0 Å². The highest BCUT2D eigenvalue weighted by atomic mass is 32.1. The second kappa shape index (κ2) is 7.16. The third-order valence-corrected chi connectivity index (χ3v) is 3.86. The minimum absolute atomic E-state index is 0.246. The van der Waals surface area contributed by atoms with E-state index in [1.165, 1.54) is 11.3 Å². The fourth-order valence-corrected chi connectivity index (χ4v) is 2.87. The molecule has 0 saturated heterocycles. The molecule has 0 bridgehead atoms. The van der Waals surface area contributed by atoms with Gasteiger partial charge in [0.05, 0.1) is 24.5 Å². The molecule has 2 aromatic rings. The van der Waals surface area contributed by atoms with E-state index >= 15 is 0 Å². The summed E-state index contributed by atoms with van der Waals surface area (Å²) in [4.78, 5) is 16.7. The van der Waals surface area contributed by atoms with Crippen LogP contribution in [0.4, 0.5) is 0 Å². The number of methoxy groups -OCH3 is 1. The van der Waals surface area contributed by atoms with Gasteiger partial charge in [0, 0.05) is 7.11 Å². The van der Waals surface area contributed by atoms with E-state index in [0.717, 1.165) is 11.3 Å². The van der Waals surface area contributed by atoms with Gasteiger partial charge in [-0.1, -0.05) is 12.1 Å². The molecule has 21 heavy (non-hydrogen) atoms. The Morgan fingerprint density at radius 3 is 2.86 bits per heavy atom. The Morgan fingerprint density at radius 1 is 1.43 bits per heavy atom. The van der Waals surface area contributed by atoms with Crippen LogP contribution in [-0.4, -0.2) is 24.6 Å². The number of aromatic nitrogens is 1. The lowest BCUT2D eigenvalue weighted by Gasteiger charge is -2.07. The summed E-state index contributed by atoms with van der Waals surface area (Å²) < 4.78 is 10.7. The normalized spacial score (nSPS) is 10.4. The number of amides is 1. The summed E-state index contributed by atoms with van der Waals surface area (Å²) in [6, 6.07) is 7.58. The highest BCUT2D eigenvalue weighted by molar-refractivity contribution is 7.17. The van der Waals surface area contributed by atoms with Crippen molar-refractivity contribution in [3.05, 3.63) is 34.8 Å². The van der Waals surface area contributed by atoms with Crippen LogP contribution in [0, 0.1) is 0 Å². The number of hydrogen-bond donors (Lipinski definition) is 2. The molecule has 1 aromatic carbocycles. The van der Waals surface area contributed by atoms with Gasteiger partial charge in [0.15, 0.2) is 0 Å². The predicted octanol–water partition coefficient (Wildman–Crippen LogP) is 1.96. The van der Waals surface area contributed by atoms with E-state index in [1.54, 1.807) is 7.11 Å². The third kappa shape index (κ3) is 3.38. The maximum atomic E-state index is 11.8. The van der Waals surface area contributed by atoms with E-state index in [4.69, 9.17) is 15.3 Å². The fourth-order valence-electron chi connectivity index (χ4n) is 1.87. The number of carbonyl (C=O) groups is 1. The molecule has 6 nitrogen and oxygen atoms in total. The number of rotatable bonds is 6. The number of carbonyl (C=O) groups excluding carboxylic acids is 1. The summed E-state index contributed by atoms with van der Waals surface area (Å²) in [5.74, 6) is 5.57. The van der Waals surface area contributed by atoms with Crippen molar-refractivity contribution in [3.63, 3.8) is 0 Å². The quantitative estimate of drug-likeness (QED) is 0.484. The maximum absolute atomic E-state index is 11.8. The van der Waals surface area contributed by atoms with E-state index in [0.29, 0.717) is 22.2 Å². The Kier molecular flexibility index (Phi) is 5.26. The summed E-state index contributed by atoms with van der Waals surface area (Å²) in [5, 5.41) is 0.699. The number of nitrogens with one attached hydrogen (secondary N) is 1. The van der Waals surface area contributed by atoms with Crippen LogP contribution in [0.2, 0.25) is 0 Å². The Bertz CT molecular complexity index is 628. The molecular formula is C14H17N3O3S. The fraction of sp³-hybridized carbons (Fsp3) is 0.286. The minimum atomic E-state index is -0.375. The number of nitrogens with zero attached hydrogens (tertiary/aromatic N) is 1. The van der Waals surface area contributed by atoms with Gasteiger partial charge in [0.25, 0.3) is 5.91 Å². The molecule has 3 N–H and O–H groups in total. The first kappa shape index (κ1) is 15.4. The molecule has 0 atom stereocenters. The van der Waals surface area contributed by atoms with Crippen LogP contribution in [-0.2, 0) is 11.3 Å². The second-order valence-corrected chi connectivity index (χ2v) is 5.13. The number of para-hydroxylation sites is 1. The van der Waals surface area contributed by atoms with Crippen molar-refractivity contribution < 1.29 is 14.3 Å². The van der Waals surface area contributed by atoms with E-state index in [9.17, 15) is 4.79 Å². The SMILES string of the molecule is CCOc1ccccc1-c1nc(COC)c(C(=O)NN)s1. The van der Waals surface area contributed by atoms with Crippen molar-refractivity contribution in [2.24, 2.45) is 5.84 Å². The highest BCUT2D eigenvalue weighted by Gasteiger charge is 2.19. The van der Waals surface area contributed by atoms with Crippen LogP contribution in [0.3, 0.4) is 0 Å². The third-order valence-electron chi connectivity index (χ3n) is 2.73. The summed E-state index contributed by atoms with van der Waals surface area (Å²) in [7, 11) is 1.55. The largest absolute Gasteiger partial charge is 0.493 e. The van der Waals surface area contributed by atoms with Crippen LogP contribution >= 0.6 is 11.3 Å². The maximum Gasteiger partial charge on any atom is 0.277 e. The highest BCUT2D eigenvalue weighted by Crippen LogP contribution is 2.34. The summed E-state index contributed by atoms with van der Waals surface area (Å²) in [5.41, 5.74) is 3.54. The molecule has 0 unspecified atom stereocenters. The van der Waals surface area contributed by atoms with Crippen LogP contribution < -0.4 is 16.0 Å². The first-order valence-corrected chi connectivity index (χ1v) is 7.24. The molecule has 0 saturated carbocycles. The summed E-state index contributed by atoms with van der Waals surface area (Å²) >= 11 is 1.26. The Labute approximate surface area is 126 Å². The Morgan fingerprint density at radius 2 is 2.19 bits per heavy atom. The monoisotopic (exact) mass is 307 g/mol. The van der Waals surface area contributed by atoms with E-state index in [-0.39, 0.29) is 12.5 Å². The predicted molar refractivity (Wildman–Crippen MR) is 81.1 cm³/mol. The molecule has 0 fully saturated rings. The number of thiazole rings is 1.